The van der Waals surface area contributed by atoms with Gasteiger partial charge in [0.25, 0.3) is 0 Å². The van der Waals surface area contributed by atoms with Gasteiger partial charge in [-0.05, 0) is 37.0 Å². The number of phenolic OH excluding ortho intramolecular Hbond substituents is 1. The summed E-state index contributed by atoms with van der Waals surface area (Å²) in [7, 11) is 0. The van der Waals surface area contributed by atoms with Crippen LogP contribution in [0.4, 0.5) is 0 Å². The molecule has 3 unspecified atom stereocenters. The molecule has 1 fully saturated rings. The van der Waals surface area contributed by atoms with Crippen molar-refractivity contribution in [1.29, 1.82) is 0 Å². The van der Waals surface area contributed by atoms with Crippen LogP contribution in [0.3, 0.4) is 0 Å². The molecular weight excluding hydrogens is 258 g/mol. The van der Waals surface area contributed by atoms with Crippen molar-refractivity contribution in [1.82, 2.24) is 0 Å². The largest absolute Gasteiger partial charge is 0.508 e. The van der Waals surface area contributed by atoms with Crippen molar-refractivity contribution in [3.63, 3.8) is 0 Å². The summed E-state index contributed by atoms with van der Waals surface area (Å²) >= 11 is 0. The minimum Gasteiger partial charge on any atom is -0.508 e. The Morgan fingerprint density at radius 3 is 2.75 bits per heavy atom. The molecule has 1 aromatic carbocycles. The molecule has 3 rings (SSSR count). The first kappa shape index (κ1) is 13.0. The number of aromatic hydroxyl groups is 1. The Balaban J connectivity index is 1.66. The number of hydrogen-bond acceptors (Lipinski definition) is 4. The lowest BCUT2D eigenvalue weighted by atomic mass is 9.84. The van der Waals surface area contributed by atoms with E-state index < -0.39 is 5.97 Å². The number of carbonyl (C=O) groups is 1. The molecule has 2 aliphatic rings. The molecule has 0 bridgehead atoms. The molecule has 1 aliphatic carbocycles. The van der Waals surface area contributed by atoms with E-state index in [1.54, 1.807) is 12.1 Å². The highest BCUT2D eigenvalue weighted by molar-refractivity contribution is 5.81. The van der Waals surface area contributed by atoms with Crippen LogP contribution in [-0.2, 0) is 16.0 Å². The van der Waals surface area contributed by atoms with E-state index in [9.17, 15) is 9.90 Å². The Hall–Kier alpha value is -2.04. The Morgan fingerprint density at radius 2 is 2.05 bits per heavy atom. The molecular formula is C15H17NO4. The van der Waals surface area contributed by atoms with Crippen LogP contribution in [0.5, 0.6) is 5.75 Å². The third kappa shape index (κ3) is 2.61. The molecule has 2 N–H and O–H groups in total. The zero-order valence-electron chi connectivity index (χ0n) is 11.0. The van der Waals surface area contributed by atoms with Crippen LogP contribution in [0.2, 0.25) is 0 Å². The maximum Gasteiger partial charge on any atom is 0.306 e. The van der Waals surface area contributed by atoms with E-state index >= 15 is 0 Å². The van der Waals surface area contributed by atoms with Crippen LogP contribution >= 0.6 is 0 Å². The van der Waals surface area contributed by atoms with Crippen LogP contribution in [0.25, 0.3) is 0 Å². The molecule has 3 atom stereocenters. The molecule has 106 valence electrons. The van der Waals surface area contributed by atoms with Crippen LogP contribution in [-0.4, -0.2) is 34.2 Å². The first-order valence-corrected chi connectivity index (χ1v) is 6.86. The number of aliphatic imine (C=N–C) groups is 1. The van der Waals surface area contributed by atoms with E-state index in [1.165, 1.54) is 0 Å². The predicted molar refractivity (Wildman–Crippen MR) is 72.9 cm³/mol. The third-order valence-electron chi connectivity index (χ3n) is 3.99. The van der Waals surface area contributed by atoms with Gasteiger partial charge in [0.2, 0.25) is 0 Å². The number of phenols is 1. The number of rotatable bonds is 3. The van der Waals surface area contributed by atoms with Gasteiger partial charge in [0.05, 0.1) is 12.0 Å². The molecule has 1 aliphatic heterocycles. The van der Waals surface area contributed by atoms with Crippen molar-refractivity contribution in [2.75, 3.05) is 0 Å². The minimum atomic E-state index is -0.731. The number of benzene rings is 1. The lowest BCUT2D eigenvalue weighted by molar-refractivity contribution is -0.143. The Labute approximate surface area is 116 Å². The minimum absolute atomic E-state index is 0.0167. The van der Waals surface area contributed by atoms with Gasteiger partial charge in [0.1, 0.15) is 11.9 Å². The van der Waals surface area contributed by atoms with Crippen LogP contribution in [0.1, 0.15) is 24.8 Å². The number of aliphatic carboxylic acids is 1. The highest BCUT2D eigenvalue weighted by Gasteiger charge is 2.39. The molecule has 1 aromatic rings. The van der Waals surface area contributed by atoms with E-state index in [1.807, 2.05) is 12.1 Å². The Morgan fingerprint density at radius 1 is 1.30 bits per heavy atom. The second kappa shape index (κ2) is 5.15. The summed E-state index contributed by atoms with van der Waals surface area (Å²) in [6.07, 6.45) is 2.62. The standard InChI is InChI=1S/C15H17NO4/c17-11-4-1-9(2-5-11)7-14-16-12-8-10(15(18)19)3-6-13(12)20-14/h1-2,4-5,10,12-13,17H,3,6-8H2,(H,18,19). The Kier molecular flexibility index (Phi) is 3.34. The summed E-state index contributed by atoms with van der Waals surface area (Å²) in [4.78, 5) is 15.6. The van der Waals surface area contributed by atoms with Gasteiger partial charge in [0, 0.05) is 6.42 Å². The maximum atomic E-state index is 11.0. The first-order chi connectivity index (χ1) is 9.61. The molecule has 0 amide bonds. The molecule has 0 aromatic heterocycles. The van der Waals surface area contributed by atoms with Crippen LogP contribution in [0, 0.1) is 5.92 Å². The fourth-order valence-corrected chi connectivity index (χ4v) is 2.88. The highest BCUT2D eigenvalue weighted by atomic mass is 16.5. The van der Waals surface area contributed by atoms with Crippen molar-refractivity contribution in [3.05, 3.63) is 29.8 Å². The first-order valence-electron chi connectivity index (χ1n) is 6.86. The fraction of sp³-hybridized carbons (Fsp3) is 0.467. The van der Waals surface area contributed by atoms with Crippen molar-refractivity contribution >= 4 is 11.9 Å². The molecule has 1 heterocycles. The lowest BCUT2D eigenvalue weighted by Gasteiger charge is -2.26. The summed E-state index contributed by atoms with van der Waals surface area (Å²) in [5.41, 5.74) is 1.02. The highest BCUT2D eigenvalue weighted by Crippen LogP contribution is 2.33. The summed E-state index contributed by atoms with van der Waals surface area (Å²) in [5, 5.41) is 18.3. The van der Waals surface area contributed by atoms with Gasteiger partial charge in [-0.1, -0.05) is 12.1 Å². The van der Waals surface area contributed by atoms with Gasteiger partial charge in [-0.25, -0.2) is 4.99 Å². The molecule has 0 spiro atoms. The SMILES string of the molecule is O=C(O)C1CCC2OC(Cc3ccc(O)cc3)=NC2C1. The average molecular weight is 275 g/mol. The summed E-state index contributed by atoms with van der Waals surface area (Å²) < 4.78 is 5.82. The summed E-state index contributed by atoms with van der Waals surface area (Å²) in [6, 6.07) is 6.93. The summed E-state index contributed by atoms with van der Waals surface area (Å²) in [6.45, 7) is 0. The van der Waals surface area contributed by atoms with E-state index in [0.29, 0.717) is 25.2 Å². The van der Waals surface area contributed by atoms with Crippen molar-refractivity contribution in [3.8, 4) is 5.75 Å². The zero-order chi connectivity index (χ0) is 14.1. The second-order valence-corrected chi connectivity index (χ2v) is 5.44. The number of nitrogens with zero attached hydrogens (tertiary/aromatic N) is 1. The Bertz CT molecular complexity index is 537. The van der Waals surface area contributed by atoms with Gasteiger partial charge in [-0.3, -0.25) is 4.79 Å². The fourth-order valence-electron chi connectivity index (χ4n) is 2.88. The number of carboxylic acids is 1. The second-order valence-electron chi connectivity index (χ2n) is 5.44. The van der Waals surface area contributed by atoms with Gasteiger partial charge in [-0.15, -0.1) is 0 Å². The zero-order valence-corrected chi connectivity index (χ0v) is 11.0. The molecule has 5 heteroatoms. The van der Waals surface area contributed by atoms with Gasteiger partial charge >= 0.3 is 5.97 Å². The lowest BCUT2D eigenvalue weighted by Crippen LogP contribution is -2.33. The number of hydrogen-bond donors (Lipinski definition) is 2. The summed E-state index contributed by atoms with van der Waals surface area (Å²) in [5.74, 6) is -0.111. The number of ether oxygens (including phenoxy) is 1. The van der Waals surface area contributed by atoms with Crippen LogP contribution in [0.15, 0.2) is 29.3 Å². The maximum absolute atomic E-state index is 11.0. The van der Waals surface area contributed by atoms with E-state index in [2.05, 4.69) is 4.99 Å². The topological polar surface area (TPSA) is 79.1 Å². The third-order valence-corrected chi connectivity index (χ3v) is 3.99. The monoisotopic (exact) mass is 275 g/mol. The number of fused-ring (bicyclic) bond motifs is 1. The smallest absolute Gasteiger partial charge is 0.306 e. The average Bonchev–Trinajstić information content (AvgIpc) is 2.82. The quantitative estimate of drug-likeness (QED) is 0.884. The van der Waals surface area contributed by atoms with E-state index in [4.69, 9.17) is 9.84 Å². The molecule has 20 heavy (non-hydrogen) atoms. The number of carboxylic acid groups (broad SMARTS) is 1. The predicted octanol–water partition coefficient (Wildman–Crippen LogP) is 1.99. The van der Waals surface area contributed by atoms with Crippen molar-refractivity contribution < 1.29 is 19.7 Å². The molecule has 0 saturated heterocycles. The van der Waals surface area contributed by atoms with Crippen LogP contribution < -0.4 is 0 Å². The van der Waals surface area contributed by atoms with Crippen molar-refractivity contribution in [2.45, 2.75) is 37.8 Å². The molecule has 1 saturated carbocycles. The van der Waals surface area contributed by atoms with Gasteiger partial charge in [0.15, 0.2) is 5.90 Å². The normalized spacial score (nSPS) is 28.4. The van der Waals surface area contributed by atoms with E-state index in [0.717, 1.165) is 12.0 Å². The van der Waals surface area contributed by atoms with Gasteiger partial charge in [-0.2, -0.15) is 0 Å². The van der Waals surface area contributed by atoms with Gasteiger partial charge < -0.3 is 14.9 Å². The molecule has 5 nitrogen and oxygen atoms in total. The molecule has 0 radical (unpaired) electrons. The van der Waals surface area contributed by atoms with E-state index in [-0.39, 0.29) is 23.8 Å². The van der Waals surface area contributed by atoms with Crippen molar-refractivity contribution in [2.24, 2.45) is 10.9 Å².